The third-order valence-electron chi connectivity index (χ3n) is 5.31. The minimum Gasteiger partial charge on any atom is -0.357 e. The summed E-state index contributed by atoms with van der Waals surface area (Å²) in [5.41, 5.74) is 3.83. The van der Waals surface area contributed by atoms with Gasteiger partial charge in [0.05, 0.1) is 0 Å². The van der Waals surface area contributed by atoms with E-state index >= 15 is 0 Å². The highest BCUT2D eigenvalue weighted by Crippen LogP contribution is 2.21. The molecule has 2 aromatic rings. The van der Waals surface area contributed by atoms with Crippen LogP contribution in [0.1, 0.15) is 37.4 Å². The van der Waals surface area contributed by atoms with Gasteiger partial charge in [-0.25, -0.2) is 0 Å². The van der Waals surface area contributed by atoms with Crippen molar-refractivity contribution in [1.82, 2.24) is 14.8 Å². The average Bonchev–Trinajstić information content (AvgIpc) is 2.75. The average molecular weight is 520 g/mol. The molecule has 1 aliphatic rings. The molecule has 30 heavy (non-hydrogen) atoms. The Hall–Kier alpha value is -2.09. The van der Waals surface area contributed by atoms with Gasteiger partial charge in [0.25, 0.3) is 5.56 Å². The molecular weight excluding hydrogens is 487 g/mol. The Morgan fingerprint density at radius 2 is 1.90 bits per heavy atom. The summed E-state index contributed by atoms with van der Waals surface area (Å²) >= 11 is 0. The van der Waals surface area contributed by atoms with Gasteiger partial charge in [0.15, 0.2) is 5.96 Å². The molecule has 0 radical (unpaired) electrons. The standard InChI is InChI=1S/C24H32N4O.HI/c1-3-25-24(26-16-7-8-17-28-20(2)10-9-13-23(28)29)27-18-14-22(15-19-27)21-11-5-4-6-12-21;/h4-6,9-14H,3,7-8,15-19H2,1-2H3,(H,25,26);1H. The van der Waals surface area contributed by atoms with Crippen LogP contribution in [0.25, 0.3) is 5.57 Å². The van der Waals surface area contributed by atoms with Gasteiger partial charge < -0.3 is 14.8 Å². The summed E-state index contributed by atoms with van der Waals surface area (Å²) in [6.45, 7) is 8.34. The van der Waals surface area contributed by atoms with Gasteiger partial charge >= 0.3 is 0 Å². The molecule has 162 valence electrons. The lowest BCUT2D eigenvalue weighted by molar-refractivity contribution is 0.439. The lowest BCUT2D eigenvalue weighted by atomic mass is 10.00. The highest BCUT2D eigenvalue weighted by atomic mass is 127. The van der Waals surface area contributed by atoms with E-state index in [4.69, 9.17) is 4.99 Å². The lowest BCUT2D eigenvalue weighted by Crippen LogP contribution is -2.43. The van der Waals surface area contributed by atoms with Crippen LogP contribution in [0.2, 0.25) is 0 Å². The smallest absolute Gasteiger partial charge is 0.250 e. The Kier molecular flexibility index (Phi) is 10.1. The first-order valence-electron chi connectivity index (χ1n) is 10.6. The van der Waals surface area contributed by atoms with Crippen molar-refractivity contribution in [3.05, 3.63) is 76.2 Å². The molecule has 1 aliphatic heterocycles. The van der Waals surface area contributed by atoms with E-state index < -0.39 is 0 Å². The van der Waals surface area contributed by atoms with E-state index in [1.807, 2.05) is 23.6 Å². The van der Waals surface area contributed by atoms with Crippen LogP contribution in [0, 0.1) is 6.92 Å². The largest absolute Gasteiger partial charge is 0.357 e. The Morgan fingerprint density at radius 3 is 2.57 bits per heavy atom. The quantitative estimate of drug-likeness (QED) is 0.256. The van der Waals surface area contributed by atoms with E-state index in [0.29, 0.717) is 0 Å². The first-order valence-corrected chi connectivity index (χ1v) is 10.6. The number of rotatable bonds is 7. The molecule has 0 spiro atoms. The van der Waals surface area contributed by atoms with Crippen LogP contribution in [0.15, 0.2) is 64.4 Å². The molecule has 0 fully saturated rings. The van der Waals surface area contributed by atoms with Crippen LogP contribution in [0.4, 0.5) is 0 Å². The number of nitrogens with zero attached hydrogens (tertiary/aromatic N) is 3. The van der Waals surface area contributed by atoms with Crippen molar-refractivity contribution in [2.24, 2.45) is 4.99 Å². The fraction of sp³-hybridized carbons (Fsp3) is 0.417. The predicted molar refractivity (Wildman–Crippen MR) is 137 cm³/mol. The van der Waals surface area contributed by atoms with E-state index in [1.165, 1.54) is 11.1 Å². The molecule has 0 aliphatic carbocycles. The molecule has 2 heterocycles. The van der Waals surface area contributed by atoms with Gasteiger partial charge in [-0.1, -0.05) is 42.5 Å². The maximum absolute atomic E-state index is 11.9. The Labute approximate surface area is 196 Å². The summed E-state index contributed by atoms with van der Waals surface area (Å²) in [6.07, 6.45) is 5.27. The second-order valence-electron chi connectivity index (χ2n) is 7.39. The molecule has 3 rings (SSSR count). The van der Waals surface area contributed by atoms with Gasteiger partial charge in [0.2, 0.25) is 0 Å². The number of hydrogen-bond donors (Lipinski definition) is 1. The number of pyridine rings is 1. The SMILES string of the molecule is CCNC(=NCCCCn1c(C)cccc1=O)N1CC=C(c2ccccc2)CC1.I. The van der Waals surface area contributed by atoms with Crippen molar-refractivity contribution < 1.29 is 0 Å². The van der Waals surface area contributed by atoms with Gasteiger partial charge in [-0.3, -0.25) is 9.79 Å². The van der Waals surface area contributed by atoms with Crippen molar-refractivity contribution in [3.63, 3.8) is 0 Å². The highest BCUT2D eigenvalue weighted by Gasteiger charge is 2.15. The van der Waals surface area contributed by atoms with Crippen LogP contribution in [0.5, 0.6) is 0 Å². The summed E-state index contributed by atoms with van der Waals surface area (Å²) in [7, 11) is 0. The second kappa shape index (κ2) is 12.6. The summed E-state index contributed by atoms with van der Waals surface area (Å²) in [4.78, 5) is 19.1. The first kappa shape index (κ1) is 24.2. The minimum absolute atomic E-state index is 0. The zero-order chi connectivity index (χ0) is 20.5. The van der Waals surface area contributed by atoms with E-state index in [0.717, 1.165) is 63.6 Å². The summed E-state index contributed by atoms with van der Waals surface area (Å²) in [6, 6.07) is 16.0. The molecule has 0 saturated heterocycles. The first-order chi connectivity index (χ1) is 14.2. The number of aryl methyl sites for hydroxylation is 1. The zero-order valence-corrected chi connectivity index (χ0v) is 20.3. The van der Waals surface area contributed by atoms with E-state index in [1.54, 1.807) is 6.07 Å². The van der Waals surface area contributed by atoms with Crippen molar-refractivity contribution in [2.75, 3.05) is 26.2 Å². The number of nitrogens with one attached hydrogen (secondary N) is 1. The van der Waals surface area contributed by atoms with Crippen molar-refractivity contribution in [2.45, 2.75) is 39.7 Å². The van der Waals surface area contributed by atoms with Gasteiger partial charge in [0, 0.05) is 44.5 Å². The van der Waals surface area contributed by atoms with Crippen LogP contribution < -0.4 is 10.9 Å². The van der Waals surface area contributed by atoms with Gasteiger partial charge in [0.1, 0.15) is 0 Å². The van der Waals surface area contributed by atoms with E-state index in [9.17, 15) is 4.79 Å². The third-order valence-corrected chi connectivity index (χ3v) is 5.31. The summed E-state index contributed by atoms with van der Waals surface area (Å²) in [5.74, 6) is 0.990. The van der Waals surface area contributed by atoms with Crippen molar-refractivity contribution >= 4 is 35.5 Å². The van der Waals surface area contributed by atoms with Gasteiger partial charge in [-0.2, -0.15) is 0 Å². The molecule has 0 bridgehead atoms. The second-order valence-corrected chi connectivity index (χ2v) is 7.39. The number of aliphatic imine (C=N–C) groups is 1. The summed E-state index contributed by atoms with van der Waals surface area (Å²) in [5, 5.41) is 3.43. The molecule has 1 aromatic carbocycles. The van der Waals surface area contributed by atoms with Crippen molar-refractivity contribution in [3.8, 4) is 0 Å². The molecule has 5 nitrogen and oxygen atoms in total. The number of aromatic nitrogens is 1. The maximum Gasteiger partial charge on any atom is 0.250 e. The maximum atomic E-state index is 11.9. The third kappa shape index (κ3) is 6.72. The molecular formula is C24H33IN4O. The van der Waals surface area contributed by atoms with Gasteiger partial charge in [-0.05, 0) is 50.3 Å². The molecule has 0 saturated carbocycles. The van der Waals surface area contributed by atoms with E-state index in [2.05, 4.69) is 53.5 Å². The fourth-order valence-electron chi connectivity index (χ4n) is 3.68. The summed E-state index contributed by atoms with van der Waals surface area (Å²) < 4.78 is 1.84. The molecule has 6 heteroatoms. The minimum atomic E-state index is 0. The van der Waals surface area contributed by atoms with Gasteiger partial charge in [-0.15, -0.1) is 24.0 Å². The number of guanidine groups is 1. The normalized spacial score (nSPS) is 14.1. The Bertz CT molecular complexity index is 905. The molecule has 0 unspecified atom stereocenters. The van der Waals surface area contributed by atoms with Crippen molar-refractivity contribution in [1.29, 1.82) is 0 Å². The molecule has 0 amide bonds. The number of benzene rings is 1. The van der Waals surface area contributed by atoms with E-state index in [-0.39, 0.29) is 29.5 Å². The molecule has 1 aromatic heterocycles. The Balaban J connectivity index is 0.00000320. The zero-order valence-electron chi connectivity index (χ0n) is 18.0. The predicted octanol–water partition coefficient (Wildman–Crippen LogP) is 4.31. The molecule has 1 N–H and O–H groups in total. The Morgan fingerprint density at radius 1 is 1.10 bits per heavy atom. The topological polar surface area (TPSA) is 49.6 Å². The number of hydrogen-bond acceptors (Lipinski definition) is 2. The van der Waals surface area contributed by atoms with Crippen LogP contribution in [-0.4, -0.2) is 41.6 Å². The fourth-order valence-corrected chi connectivity index (χ4v) is 3.68. The molecule has 0 atom stereocenters. The van der Waals surface area contributed by atoms with Crippen LogP contribution in [-0.2, 0) is 6.54 Å². The van der Waals surface area contributed by atoms with Crippen LogP contribution >= 0.6 is 24.0 Å². The highest BCUT2D eigenvalue weighted by molar-refractivity contribution is 14.0. The number of unbranched alkanes of at least 4 members (excludes halogenated alkanes) is 1. The van der Waals surface area contributed by atoms with Crippen LogP contribution in [0.3, 0.4) is 0 Å². The monoisotopic (exact) mass is 520 g/mol. The number of halogens is 1. The lowest BCUT2D eigenvalue weighted by Gasteiger charge is -2.30.